The second-order valence-electron chi connectivity index (χ2n) is 8.08. The van der Waals surface area contributed by atoms with Crippen LogP contribution < -0.4 is 10.1 Å². The van der Waals surface area contributed by atoms with Crippen molar-refractivity contribution in [3.8, 4) is 5.75 Å². The fraction of sp³-hybridized carbons (Fsp3) is 0.591. The molecule has 1 atom stereocenters. The SMILES string of the molecule is COc1ccccc1CN1CCc2nnc(C(C)NC(=O)C3CCOCC3)n2CC1. The van der Waals surface area contributed by atoms with Gasteiger partial charge in [-0.3, -0.25) is 9.69 Å². The summed E-state index contributed by atoms with van der Waals surface area (Å²) in [6, 6.07) is 7.99. The third-order valence-electron chi connectivity index (χ3n) is 6.07. The number of hydrogen-bond acceptors (Lipinski definition) is 6. The van der Waals surface area contributed by atoms with E-state index in [4.69, 9.17) is 9.47 Å². The minimum Gasteiger partial charge on any atom is -0.496 e. The molecule has 3 heterocycles. The Bertz CT molecular complexity index is 862. The van der Waals surface area contributed by atoms with Crippen LogP contribution in [0.25, 0.3) is 0 Å². The number of ether oxygens (including phenoxy) is 2. The van der Waals surface area contributed by atoms with Crippen LogP contribution in [0.5, 0.6) is 5.75 Å². The van der Waals surface area contributed by atoms with Crippen LogP contribution in [-0.2, 0) is 29.0 Å². The molecule has 1 N–H and O–H groups in total. The lowest BCUT2D eigenvalue weighted by Gasteiger charge is -2.24. The first-order valence-electron chi connectivity index (χ1n) is 10.8. The average Bonchev–Trinajstić information content (AvgIpc) is 3.09. The van der Waals surface area contributed by atoms with Crippen molar-refractivity contribution >= 4 is 5.91 Å². The van der Waals surface area contributed by atoms with Crippen molar-refractivity contribution < 1.29 is 14.3 Å². The van der Waals surface area contributed by atoms with E-state index >= 15 is 0 Å². The molecule has 8 heteroatoms. The summed E-state index contributed by atoms with van der Waals surface area (Å²) >= 11 is 0. The zero-order valence-electron chi connectivity index (χ0n) is 17.8. The predicted molar refractivity (Wildman–Crippen MR) is 112 cm³/mol. The maximum absolute atomic E-state index is 12.6. The summed E-state index contributed by atoms with van der Waals surface area (Å²) in [5.74, 6) is 2.87. The Balaban J connectivity index is 1.39. The molecule has 0 aliphatic carbocycles. The molecule has 30 heavy (non-hydrogen) atoms. The van der Waals surface area contributed by atoms with Crippen LogP contribution in [0.2, 0.25) is 0 Å². The monoisotopic (exact) mass is 413 g/mol. The molecule has 0 saturated carbocycles. The first kappa shape index (κ1) is 20.8. The van der Waals surface area contributed by atoms with Crippen LogP contribution in [0, 0.1) is 5.92 Å². The van der Waals surface area contributed by atoms with Crippen molar-refractivity contribution in [2.75, 3.05) is 33.4 Å². The Labute approximate surface area is 177 Å². The Hall–Kier alpha value is -2.45. The second kappa shape index (κ2) is 9.57. The van der Waals surface area contributed by atoms with E-state index in [9.17, 15) is 4.79 Å². The molecule has 0 spiro atoms. The molecular weight excluding hydrogens is 382 g/mol. The van der Waals surface area contributed by atoms with Gasteiger partial charge in [0.15, 0.2) is 5.82 Å². The summed E-state index contributed by atoms with van der Waals surface area (Å²) in [6.07, 6.45) is 2.41. The van der Waals surface area contributed by atoms with Gasteiger partial charge in [0, 0.05) is 57.3 Å². The van der Waals surface area contributed by atoms with Gasteiger partial charge in [-0.15, -0.1) is 10.2 Å². The minimum absolute atomic E-state index is 0.0315. The highest BCUT2D eigenvalue weighted by atomic mass is 16.5. The van der Waals surface area contributed by atoms with Gasteiger partial charge in [0.25, 0.3) is 0 Å². The average molecular weight is 414 g/mol. The van der Waals surface area contributed by atoms with Crippen molar-refractivity contribution in [1.82, 2.24) is 25.0 Å². The van der Waals surface area contributed by atoms with Crippen molar-refractivity contribution in [2.24, 2.45) is 5.92 Å². The van der Waals surface area contributed by atoms with Crippen LogP contribution in [0.15, 0.2) is 24.3 Å². The summed E-state index contributed by atoms with van der Waals surface area (Å²) in [5.41, 5.74) is 1.19. The molecule has 162 valence electrons. The Morgan fingerprint density at radius 2 is 2.03 bits per heavy atom. The number of para-hydroxylation sites is 1. The molecule has 2 aliphatic rings. The number of nitrogens with one attached hydrogen (secondary N) is 1. The zero-order chi connectivity index (χ0) is 20.9. The van der Waals surface area contributed by atoms with Gasteiger partial charge in [-0.25, -0.2) is 0 Å². The Morgan fingerprint density at radius 1 is 1.23 bits per heavy atom. The van der Waals surface area contributed by atoms with E-state index in [2.05, 4.69) is 31.0 Å². The number of hydrogen-bond donors (Lipinski definition) is 1. The van der Waals surface area contributed by atoms with Crippen LogP contribution >= 0.6 is 0 Å². The van der Waals surface area contributed by atoms with Gasteiger partial charge < -0.3 is 19.4 Å². The molecular formula is C22H31N5O3. The van der Waals surface area contributed by atoms with Crippen molar-refractivity contribution in [2.45, 2.75) is 45.3 Å². The van der Waals surface area contributed by atoms with E-state index in [0.717, 1.165) is 62.8 Å². The first-order chi connectivity index (χ1) is 14.7. The fourth-order valence-electron chi connectivity index (χ4n) is 4.30. The Kier molecular flexibility index (Phi) is 6.64. The zero-order valence-corrected chi connectivity index (χ0v) is 17.8. The number of carbonyl (C=O) groups excluding carboxylic acids is 1. The maximum atomic E-state index is 12.6. The van der Waals surface area contributed by atoms with Crippen LogP contribution in [0.1, 0.15) is 43.0 Å². The van der Waals surface area contributed by atoms with Gasteiger partial charge in [0.2, 0.25) is 5.91 Å². The van der Waals surface area contributed by atoms with E-state index in [0.29, 0.717) is 13.2 Å². The molecule has 1 fully saturated rings. The van der Waals surface area contributed by atoms with E-state index in [-0.39, 0.29) is 17.9 Å². The Morgan fingerprint density at radius 3 is 2.83 bits per heavy atom. The molecule has 1 unspecified atom stereocenters. The van der Waals surface area contributed by atoms with Gasteiger partial charge in [-0.05, 0) is 25.8 Å². The van der Waals surface area contributed by atoms with Crippen molar-refractivity contribution in [1.29, 1.82) is 0 Å². The lowest BCUT2D eigenvalue weighted by atomic mass is 9.99. The quantitative estimate of drug-likeness (QED) is 0.780. The van der Waals surface area contributed by atoms with Crippen molar-refractivity contribution in [3.05, 3.63) is 41.5 Å². The highest BCUT2D eigenvalue weighted by Crippen LogP contribution is 2.22. The number of methoxy groups -OCH3 is 1. The standard InChI is InChI=1S/C22H31N5O3/c1-16(23-22(28)17-8-13-30-14-9-17)21-25-24-20-7-10-26(11-12-27(20)21)15-18-5-3-4-6-19(18)29-2/h3-6,16-17H,7-15H2,1-2H3,(H,23,28). The van der Waals surface area contributed by atoms with E-state index in [1.165, 1.54) is 5.56 Å². The lowest BCUT2D eigenvalue weighted by Crippen LogP contribution is -2.36. The molecule has 4 rings (SSSR count). The maximum Gasteiger partial charge on any atom is 0.223 e. The first-order valence-corrected chi connectivity index (χ1v) is 10.8. The van der Waals surface area contributed by atoms with Gasteiger partial charge >= 0.3 is 0 Å². The van der Waals surface area contributed by atoms with E-state index in [1.54, 1.807) is 7.11 Å². The second-order valence-corrected chi connectivity index (χ2v) is 8.08. The predicted octanol–water partition coefficient (Wildman–Crippen LogP) is 1.95. The van der Waals surface area contributed by atoms with Gasteiger partial charge in [-0.1, -0.05) is 18.2 Å². The molecule has 1 amide bonds. The number of aromatic nitrogens is 3. The summed E-state index contributed by atoms with van der Waals surface area (Å²) in [4.78, 5) is 15.0. The van der Waals surface area contributed by atoms with E-state index in [1.807, 2.05) is 25.1 Å². The third kappa shape index (κ3) is 4.65. The molecule has 1 aromatic carbocycles. The molecule has 0 bridgehead atoms. The van der Waals surface area contributed by atoms with Gasteiger partial charge in [-0.2, -0.15) is 0 Å². The number of carbonyl (C=O) groups is 1. The van der Waals surface area contributed by atoms with E-state index < -0.39 is 0 Å². The lowest BCUT2D eigenvalue weighted by molar-refractivity contribution is -0.128. The molecule has 0 radical (unpaired) electrons. The number of nitrogens with zero attached hydrogens (tertiary/aromatic N) is 4. The molecule has 2 aromatic rings. The highest BCUT2D eigenvalue weighted by molar-refractivity contribution is 5.79. The molecule has 1 saturated heterocycles. The summed E-state index contributed by atoms with van der Waals surface area (Å²) in [5, 5.41) is 12.0. The summed E-state index contributed by atoms with van der Waals surface area (Å²) < 4.78 is 13.0. The molecule has 1 aromatic heterocycles. The highest BCUT2D eigenvalue weighted by Gasteiger charge is 2.26. The minimum atomic E-state index is -0.164. The molecule has 8 nitrogen and oxygen atoms in total. The smallest absolute Gasteiger partial charge is 0.223 e. The summed E-state index contributed by atoms with van der Waals surface area (Å²) in [7, 11) is 1.71. The van der Waals surface area contributed by atoms with Gasteiger partial charge in [0.05, 0.1) is 13.2 Å². The number of amides is 1. The number of benzene rings is 1. The number of fused-ring (bicyclic) bond motifs is 1. The molecule has 2 aliphatic heterocycles. The van der Waals surface area contributed by atoms with Crippen LogP contribution in [0.3, 0.4) is 0 Å². The van der Waals surface area contributed by atoms with Crippen LogP contribution in [0.4, 0.5) is 0 Å². The van der Waals surface area contributed by atoms with Crippen molar-refractivity contribution in [3.63, 3.8) is 0 Å². The largest absolute Gasteiger partial charge is 0.496 e. The van der Waals surface area contributed by atoms with Crippen LogP contribution in [-0.4, -0.2) is 59.0 Å². The number of rotatable bonds is 6. The van der Waals surface area contributed by atoms with Gasteiger partial charge in [0.1, 0.15) is 11.6 Å². The summed E-state index contributed by atoms with van der Waals surface area (Å²) in [6.45, 7) is 6.78. The fourth-order valence-corrected chi connectivity index (χ4v) is 4.30. The normalized spacial score (nSPS) is 19.0. The topological polar surface area (TPSA) is 81.5 Å². The third-order valence-corrected chi connectivity index (χ3v) is 6.07.